The molecule has 7 nitrogen and oxygen atoms in total. The first-order valence-electron chi connectivity index (χ1n) is 7.73. The zero-order chi connectivity index (χ0) is 18.1. The molecule has 130 valence electrons. The van der Waals surface area contributed by atoms with Gasteiger partial charge in [-0.15, -0.1) is 10.2 Å². The van der Waals surface area contributed by atoms with Gasteiger partial charge >= 0.3 is 5.69 Å². The predicted octanol–water partition coefficient (Wildman–Crippen LogP) is 2.66. The van der Waals surface area contributed by atoms with E-state index in [1.54, 1.807) is 18.2 Å². The molecule has 9 heteroatoms. The smallest absolute Gasteiger partial charge is 0.275 e. The van der Waals surface area contributed by atoms with Gasteiger partial charge in [-0.25, -0.2) is 9.78 Å². The molecule has 0 saturated carbocycles. The largest absolute Gasteiger partial charge is 0.332 e. The van der Waals surface area contributed by atoms with Crippen LogP contribution in [0.2, 0.25) is 10.0 Å². The molecule has 0 amide bonds. The van der Waals surface area contributed by atoms with Gasteiger partial charge in [-0.05, 0) is 24.6 Å². The second kappa shape index (κ2) is 6.93. The Kier molecular flexibility index (Phi) is 4.87. The fraction of sp³-hybridized carbons (Fsp3) is 0.312. The quantitative estimate of drug-likeness (QED) is 0.695. The van der Waals surface area contributed by atoms with E-state index >= 15 is 0 Å². The minimum atomic E-state index is -0.510. The highest BCUT2D eigenvalue weighted by Gasteiger charge is 2.16. The highest BCUT2D eigenvalue weighted by atomic mass is 35.5. The summed E-state index contributed by atoms with van der Waals surface area (Å²) in [6.07, 6.45) is 1.68. The number of fused-ring (bicyclic) bond motifs is 1. The number of aromatic nitrogens is 5. The average Bonchev–Trinajstić information content (AvgIpc) is 2.62. The lowest BCUT2D eigenvalue weighted by atomic mass is 10.2. The average molecular weight is 380 g/mol. The highest BCUT2D eigenvalue weighted by molar-refractivity contribution is 6.42. The Morgan fingerprint density at radius 1 is 1.12 bits per heavy atom. The van der Waals surface area contributed by atoms with Gasteiger partial charge in [0.15, 0.2) is 17.0 Å². The maximum absolute atomic E-state index is 12.5. The summed E-state index contributed by atoms with van der Waals surface area (Å²) in [6.45, 7) is 2.46. The number of aryl methyl sites for hydroxylation is 1. The number of unbranched alkanes of at least 4 members (excludes halogenated alkanes) is 1. The summed E-state index contributed by atoms with van der Waals surface area (Å²) in [5.74, 6) is 0.240. The van der Waals surface area contributed by atoms with E-state index in [1.807, 2.05) is 6.92 Å². The number of hydrogen-bond donors (Lipinski definition) is 0. The second-order valence-electron chi connectivity index (χ2n) is 5.59. The van der Waals surface area contributed by atoms with Gasteiger partial charge in [-0.3, -0.25) is 13.9 Å². The minimum Gasteiger partial charge on any atom is -0.275 e. The van der Waals surface area contributed by atoms with E-state index in [0.29, 0.717) is 22.2 Å². The van der Waals surface area contributed by atoms with Crippen molar-refractivity contribution in [1.82, 2.24) is 24.3 Å². The van der Waals surface area contributed by atoms with Crippen molar-refractivity contribution in [2.75, 3.05) is 0 Å². The van der Waals surface area contributed by atoms with Crippen LogP contribution in [0.5, 0.6) is 0 Å². The van der Waals surface area contributed by atoms with Gasteiger partial charge in [-0.2, -0.15) is 0 Å². The third-order valence-electron chi connectivity index (χ3n) is 3.86. The Hall–Kier alpha value is -2.25. The van der Waals surface area contributed by atoms with Crippen LogP contribution in [0.4, 0.5) is 0 Å². The van der Waals surface area contributed by atoms with Crippen molar-refractivity contribution < 1.29 is 0 Å². The van der Waals surface area contributed by atoms with Gasteiger partial charge in [0.05, 0.1) is 10.0 Å². The summed E-state index contributed by atoms with van der Waals surface area (Å²) in [5.41, 5.74) is -0.0786. The van der Waals surface area contributed by atoms with Gasteiger partial charge < -0.3 is 0 Å². The molecule has 0 spiro atoms. The summed E-state index contributed by atoms with van der Waals surface area (Å²) in [5, 5.41) is 8.90. The molecule has 0 aliphatic carbocycles. The van der Waals surface area contributed by atoms with Crippen LogP contribution in [-0.2, 0) is 13.6 Å². The predicted molar refractivity (Wildman–Crippen MR) is 97.2 cm³/mol. The lowest BCUT2D eigenvalue weighted by Gasteiger charge is -2.10. The Morgan fingerprint density at radius 2 is 1.88 bits per heavy atom. The molecule has 0 bridgehead atoms. The monoisotopic (exact) mass is 379 g/mol. The molecule has 2 heterocycles. The lowest BCUT2D eigenvalue weighted by Crippen LogP contribution is -2.39. The third kappa shape index (κ3) is 3.17. The summed E-state index contributed by atoms with van der Waals surface area (Å²) >= 11 is 11.9. The molecule has 0 atom stereocenters. The topological polar surface area (TPSA) is 82.7 Å². The first kappa shape index (κ1) is 17.6. The number of halogens is 2. The fourth-order valence-corrected chi connectivity index (χ4v) is 2.74. The maximum Gasteiger partial charge on any atom is 0.332 e. The van der Waals surface area contributed by atoms with Crippen LogP contribution >= 0.6 is 23.2 Å². The highest BCUT2D eigenvalue weighted by Crippen LogP contribution is 2.26. The van der Waals surface area contributed by atoms with E-state index in [4.69, 9.17) is 23.2 Å². The molecule has 1 aromatic carbocycles. The molecule has 0 radical (unpaired) electrons. The zero-order valence-electron chi connectivity index (χ0n) is 13.7. The molecule has 0 aliphatic rings. The molecule has 25 heavy (non-hydrogen) atoms. The van der Waals surface area contributed by atoms with E-state index in [1.165, 1.54) is 11.6 Å². The Morgan fingerprint density at radius 3 is 2.56 bits per heavy atom. The normalized spacial score (nSPS) is 11.2. The van der Waals surface area contributed by atoms with Crippen molar-refractivity contribution >= 4 is 34.4 Å². The standard InChI is InChI=1S/C16H15Cl2N5O2/c1-3-4-7-23-14-12(15(24)22(2)16(23)25)19-13(20-21-14)9-5-6-10(17)11(18)8-9/h5-6,8H,3-4,7H2,1-2H3. The number of benzene rings is 1. The molecule has 0 fully saturated rings. The molecule has 0 N–H and O–H groups in total. The molecule has 3 rings (SSSR count). The summed E-state index contributed by atoms with van der Waals surface area (Å²) < 4.78 is 2.46. The number of rotatable bonds is 4. The van der Waals surface area contributed by atoms with E-state index in [0.717, 1.165) is 17.4 Å². The van der Waals surface area contributed by atoms with Crippen LogP contribution in [0.3, 0.4) is 0 Å². The summed E-state index contributed by atoms with van der Waals surface area (Å²) in [6, 6.07) is 4.91. The molecular formula is C16H15Cl2N5O2. The van der Waals surface area contributed by atoms with Gasteiger partial charge in [0.1, 0.15) is 0 Å². The third-order valence-corrected chi connectivity index (χ3v) is 4.60. The Labute approximate surface area is 152 Å². The minimum absolute atomic E-state index is 0.0919. The van der Waals surface area contributed by atoms with Gasteiger partial charge in [-0.1, -0.05) is 36.5 Å². The molecular weight excluding hydrogens is 365 g/mol. The van der Waals surface area contributed by atoms with Crippen molar-refractivity contribution in [1.29, 1.82) is 0 Å². The molecule has 0 unspecified atom stereocenters. The second-order valence-corrected chi connectivity index (χ2v) is 6.40. The molecule has 0 saturated heterocycles. The lowest BCUT2D eigenvalue weighted by molar-refractivity contribution is 0.579. The summed E-state index contributed by atoms with van der Waals surface area (Å²) in [7, 11) is 1.42. The van der Waals surface area contributed by atoms with Crippen LogP contribution in [0.15, 0.2) is 27.8 Å². The van der Waals surface area contributed by atoms with E-state index in [-0.39, 0.29) is 17.0 Å². The van der Waals surface area contributed by atoms with Gasteiger partial charge in [0.2, 0.25) is 0 Å². The Bertz CT molecular complexity index is 1070. The van der Waals surface area contributed by atoms with Crippen LogP contribution < -0.4 is 11.2 Å². The van der Waals surface area contributed by atoms with Crippen LogP contribution in [0.25, 0.3) is 22.6 Å². The van der Waals surface area contributed by atoms with Gasteiger partial charge in [0, 0.05) is 19.2 Å². The Balaban J connectivity index is 2.25. The van der Waals surface area contributed by atoms with Crippen LogP contribution in [0, 0.1) is 0 Å². The first-order valence-corrected chi connectivity index (χ1v) is 8.49. The SMILES string of the molecule is CCCCn1c(=O)n(C)c(=O)c2nc(-c3ccc(Cl)c(Cl)c3)nnc21. The van der Waals surface area contributed by atoms with E-state index < -0.39 is 11.2 Å². The molecule has 0 aliphatic heterocycles. The van der Waals surface area contributed by atoms with Crippen molar-refractivity contribution in [3.63, 3.8) is 0 Å². The fourth-order valence-electron chi connectivity index (χ4n) is 2.44. The summed E-state index contributed by atoms with van der Waals surface area (Å²) in [4.78, 5) is 29.1. The number of hydrogen-bond acceptors (Lipinski definition) is 5. The molecule has 2 aromatic heterocycles. The number of nitrogens with zero attached hydrogens (tertiary/aromatic N) is 5. The molecule has 3 aromatic rings. The van der Waals surface area contributed by atoms with Crippen LogP contribution in [-0.4, -0.2) is 24.3 Å². The zero-order valence-corrected chi connectivity index (χ0v) is 15.2. The van der Waals surface area contributed by atoms with Crippen molar-refractivity contribution in [2.45, 2.75) is 26.3 Å². The maximum atomic E-state index is 12.5. The van der Waals surface area contributed by atoms with E-state index in [2.05, 4.69) is 15.2 Å². The van der Waals surface area contributed by atoms with Gasteiger partial charge in [0.25, 0.3) is 5.56 Å². The van der Waals surface area contributed by atoms with Crippen molar-refractivity contribution in [2.24, 2.45) is 7.05 Å². The van der Waals surface area contributed by atoms with E-state index in [9.17, 15) is 9.59 Å². The van der Waals surface area contributed by atoms with Crippen molar-refractivity contribution in [3.05, 3.63) is 49.1 Å². The first-order chi connectivity index (χ1) is 11.9. The van der Waals surface area contributed by atoms with Crippen LogP contribution in [0.1, 0.15) is 19.8 Å². The van der Waals surface area contributed by atoms with Crippen molar-refractivity contribution in [3.8, 4) is 11.4 Å².